The van der Waals surface area contributed by atoms with Crippen molar-refractivity contribution < 1.29 is 14.3 Å². The Kier molecular flexibility index (Phi) is 6.48. The first-order valence-electron chi connectivity index (χ1n) is 9.66. The van der Waals surface area contributed by atoms with Gasteiger partial charge < -0.3 is 14.8 Å². The maximum absolute atomic E-state index is 13.3. The molecule has 2 unspecified atom stereocenters. The van der Waals surface area contributed by atoms with E-state index in [-0.39, 0.29) is 18.5 Å². The quantitative estimate of drug-likeness (QED) is 0.532. The number of carbonyl (C=O) groups excluding carboxylic acids is 1. The van der Waals surface area contributed by atoms with Crippen LogP contribution in [0.2, 0.25) is 0 Å². The zero-order valence-electron chi connectivity index (χ0n) is 17.4. The second-order valence-corrected chi connectivity index (χ2v) is 8.33. The zero-order chi connectivity index (χ0) is 22.6. The Labute approximate surface area is 194 Å². The molecular formula is C22H20ClN5O3S. The van der Waals surface area contributed by atoms with Crippen molar-refractivity contribution >= 4 is 35.1 Å². The van der Waals surface area contributed by atoms with E-state index in [0.29, 0.717) is 27.9 Å². The average Bonchev–Trinajstić information content (AvgIpc) is 3.39. The monoisotopic (exact) mass is 469 g/mol. The highest BCUT2D eigenvalue weighted by Crippen LogP contribution is 2.41. The van der Waals surface area contributed by atoms with Crippen LogP contribution in [-0.4, -0.2) is 41.3 Å². The number of hydrogen-bond acceptors (Lipinski definition) is 8. The number of nitrogens with zero attached hydrogens (tertiary/aromatic N) is 4. The van der Waals surface area contributed by atoms with Crippen molar-refractivity contribution in [2.75, 3.05) is 14.2 Å². The molecule has 8 nitrogen and oxygen atoms in total. The van der Waals surface area contributed by atoms with Crippen molar-refractivity contribution in [2.24, 2.45) is 4.99 Å². The van der Waals surface area contributed by atoms with Crippen molar-refractivity contribution in [1.29, 1.82) is 0 Å². The second kappa shape index (κ2) is 9.46. The number of pyridine rings is 2. The summed E-state index contributed by atoms with van der Waals surface area (Å²) in [6, 6.07) is 6.84. The number of halogens is 1. The van der Waals surface area contributed by atoms with Crippen molar-refractivity contribution in [1.82, 2.24) is 20.3 Å². The van der Waals surface area contributed by atoms with E-state index in [4.69, 9.17) is 21.1 Å². The highest BCUT2D eigenvalue weighted by Gasteiger charge is 2.41. The van der Waals surface area contributed by atoms with Gasteiger partial charge in [0.25, 0.3) is 5.88 Å². The smallest absolute Gasteiger partial charge is 0.257 e. The van der Waals surface area contributed by atoms with Gasteiger partial charge in [-0.1, -0.05) is 17.7 Å². The number of alkyl halides is 1. The Morgan fingerprint density at radius 3 is 2.81 bits per heavy atom. The Morgan fingerprint density at radius 1 is 1.25 bits per heavy atom. The van der Waals surface area contributed by atoms with Gasteiger partial charge in [-0.15, -0.1) is 11.3 Å². The van der Waals surface area contributed by atoms with E-state index < -0.39 is 4.87 Å². The number of ether oxygens (including phenoxy) is 2. The third-order valence-electron chi connectivity index (χ3n) is 4.87. The Bertz CT molecular complexity index is 1150. The van der Waals surface area contributed by atoms with Gasteiger partial charge in [-0.3, -0.25) is 14.8 Å². The molecule has 4 rings (SSSR count). The lowest BCUT2D eigenvalue weighted by atomic mass is 9.92. The standard InChI is InChI=1S/C22H20ClN5O3S/c1-30-18-6-5-15(28-20(18)31-2)12-26-19(29)16-10-17(14-4-3-7-24-11-14)27-13-22(16,23)21-25-8-9-32-21/h3-11,13,17H,12H2,1-2H3,(H,26,29). The van der Waals surface area contributed by atoms with Crippen molar-refractivity contribution in [2.45, 2.75) is 17.5 Å². The van der Waals surface area contributed by atoms with Gasteiger partial charge in [0.15, 0.2) is 10.6 Å². The zero-order valence-corrected chi connectivity index (χ0v) is 18.9. The SMILES string of the molecule is COc1ccc(CNC(=O)C2=CC(c3cccnc3)N=CC2(Cl)c2nccs2)nc1OC. The van der Waals surface area contributed by atoms with E-state index in [2.05, 4.69) is 25.3 Å². The van der Waals surface area contributed by atoms with Crippen LogP contribution < -0.4 is 14.8 Å². The third kappa shape index (κ3) is 4.35. The Balaban J connectivity index is 1.61. The predicted molar refractivity (Wildman–Crippen MR) is 122 cm³/mol. The van der Waals surface area contributed by atoms with E-state index in [1.807, 2.05) is 17.5 Å². The molecule has 3 aromatic heterocycles. The van der Waals surface area contributed by atoms with Crippen LogP contribution in [0.15, 0.2) is 64.9 Å². The first-order chi connectivity index (χ1) is 15.5. The maximum Gasteiger partial charge on any atom is 0.257 e. The predicted octanol–water partition coefficient (Wildman–Crippen LogP) is 3.45. The number of aromatic nitrogens is 3. The number of thiazole rings is 1. The summed E-state index contributed by atoms with van der Waals surface area (Å²) in [7, 11) is 3.04. The molecule has 1 amide bonds. The van der Waals surface area contributed by atoms with E-state index in [1.54, 1.807) is 43.0 Å². The van der Waals surface area contributed by atoms with Crippen LogP contribution in [-0.2, 0) is 16.2 Å². The van der Waals surface area contributed by atoms with Crippen LogP contribution in [0.4, 0.5) is 0 Å². The fourth-order valence-corrected chi connectivity index (χ4v) is 4.35. The molecule has 0 radical (unpaired) electrons. The summed E-state index contributed by atoms with van der Waals surface area (Å²) in [4.78, 5) is 29.4. The lowest BCUT2D eigenvalue weighted by molar-refractivity contribution is -0.118. The summed E-state index contributed by atoms with van der Waals surface area (Å²) in [5, 5.41) is 5.27. The molecule has 1 aliphatic rings. The molecular weight excluding hydrogens is 450 g/mol. The first kappa shape index (κ1) is 21.9. The Hall–Kier alpha value is -3.30. The minimum absolute atomic E-state index is 0.177. The van der Waals surface area contributed by atoms with Gasteiger partial charge in [0, 0.05) is 35.8 Å². The van der Waals surface area contributed by atoms with Gasteiger partial charge in [-0.25, -0.2) is 9.97 Å². The van der Waals surface area contributed by atoms with Gasteiger partial charge in [0.2, 0.25) is 5.91 Å². The van der Waals surface area contributed by atoms with E-state index >= 15 is 0 Å². The largest absolute Gasteiger partial charge is 0.491 e. The van der Waals surface area contributed by atoms with Gasteiger partial charge in [-0.2, -0.15) is 0 Å². The minimum Gasteiger partial charge on any atom is -0.491 e. The van der Waals surface area contributed by atoms with E-state index in [0.717, 1.165) is 5.56 Å². The molecule has 0 bridgehead atoms. The average molecular weight is 470 g/mol. The molecule has 32 heavy (non-hydrogen) atoms. The number of hydrogen-bond donors (Lipinski definition) is 1. The summed E-state index contributed by atoms with van der Waals surface area (Å²) in [5.41, 5.74) is 1.81. The number of rotatable bonds is 7. The van der Waals surface area contributed by atoms with Crippen LogP contribution in [0, 0.1) is 0 Å². The van der Waals surface area contributed by atoms with E-state index in [9.17, 15) is 4.79 Å². The molecule has 1 aliphatic heterocycles. The highest BCUT2D eigenvalue weighted by atomic mass is 35.5. The molecule has 0 fully saturated rings. The third-order valence-corrected chi connectivity index (χ3v) is 6.37. The normalized spacial score (nSPS) is 19.8. The van der Waals surface area contributed by atoms with Gasteiger partial charge in [0.05, 0.1) is 32.5 Å². The van der Waals surface area contributed by atoms with Crippen molar-refractivity contribution in [3.05, 3.63) is 76.2 Å². The fourth-order valence-electron chi connectivity index (χ4n) is 3.25. The van der Waals surface area contributed by atoms with Crippen LogP contribution >= 0.6 is 22.9 Å². The summed E-state index contributed by atoms with van der Waals surface area (Å²) >= 11 is 8.29. The molecule has 0 saturated heterocycles. The topological polar surface area (TPSA) is 98.6 Å². The van der Waals surface area contributed by atoms with E-state index in [1.165, 1.54) is 25.6 Å². The number of methoxy groups -OCH3 is 2. The van der Waals surface area contributed by atoms with Crippen LogP contribution in [0.3, 0.4) is 0 Å². The summed E-state index contributed by atoms with van der Waals surface area (Å²) in [6.45, 7) is 0.177. The first-order valence-corrected chi connectivity index (χ1v) is 10.9. The number of nitrogens with one attached hydrogen (secondary N) is 1. The molecule has 10 heteroatoms. The molecule has 164 valence electrons. The molecule has 0 spiro atoms. The number of aliphatic imine (C=N–C) groups is 1. The summed E-state index contributed by atoms with van der Waals surface area (Å²) in [5.74, 6) is 0.512. The van der Waals surface area contributed by atoms with Crippen LogP contribution in [0.1, 0.15) is 22.3 Å². The molecule has 0 aromatic carbocycles. The lowest BCUT2D eigenvalue weighted by Crippen LogP contribution is -2.37. The van der Waals surface area contributed by atoms with Crippen molar-refractivity contribution in [3.8, 4) is 11.6 Å². The van der Waals surface area contributed by atoms with Crippen LogP contribution in [0.25, 0.3) is 0 Å². The molecule has 3 aromatic rings. The molecule has 2 atom stereocenters. The van der Waals surface area contributed by atoms with Gasteiger partial charge in [0.1, 0.15) is 5.01 Å². The van der Waals surface area contributed by atoms with Crippen molar-refractivity contribution in [3.63, 3.8) is 0 Å². The second-order valence-electron chi connectivity index (χ2n) is 6.84. The molecule has 4 heterocycles. The highest BCUT2D eigenvalue weighted by molar-refractivity contribution is 7.10. The number of amides is 1. The number of carbonyl (C=O) groups is 1. The molecule has 0 saturated carbocycles. The Morgan fingerprint density at radius 2 is 2.12 bits per heavy atom. The lowest BCUT2D eigenvalue weighted by Gasteiger charge is -2.28. The fraction of sp³-hybridized carbons (Fsp3) is 0.227. The molecule has 1 N–H and O–H groups in total. The van der Waals surface area contributed by atoms with Crippen LogP contribution in [0.5, 0.6) is 11.6 Å². The number of dihydropyridines is 1. The maximum atomic E-state index is 13.3. The van der Waals surface area contributed by atoms with Gasteiger partial charge in [-0.05, 0) is 29.8 Å². The summed E-state index contributed by atoms with van der Waals surface area (Å²) < 4.78 is 10.4. The molecule has 0 aliphatic carbocycles. The minimum atomic E-state index is -1.26. The summed E-state index contributed by atoms with van der Waals surface area (Å²) in [6.07, 6.45) is 8.38. The van der Waals surface area contributed by atoms with Gasteiger partial charge >= 0.3 is 0 Å².